The first-order chi connectivity index (χ1) is 9.05. The SMILES string of the molecule is CC1(C)CCCCC1(N)c1cccc2c1OCCC2. The van der Waals surface area contributed by atoms with Crippen LogP contribution in [0, 0.1) is 5.41 Å². The van der Waals surface area contributed by atoms with Gasteiger partial charge in [-0.15, -0.1) is 0 Å². The van der Waals surface area contributed by atoms with Crippen molar-refractivity contribution < 1.29 is 4.74 Å². The monoisotopic (exact) mass is 259 g/mol. The van der Waals surface area contributed by atoms with Gasteiger partial charge in [0.15, 0.2) is 0 Å². The number of aryl methyl sites for hydroxylation is 1. The molecule has 2 N–H and O–H groups in total. The van der Waals surface area contributed by atoms with E-state index in [1.165, 1.54) is 30.4 Å². The smallest absolute Gasteiger partial charge is 0.127 e. The quantitative estimate of drug-likeness (QED) is 0.833. The molecule has 1 fully saturated rings. The van der Waals surface area contributed by atoms with E-state index in [0.717, 1.165) is 31.6 Å². The average molecular weight is 259 g/mol. The van der Waals surface area contributed by atoms with Gasteiger partial charge in [0.05, 0.1) is 6.61 Å². The molecular formula is C17H25NO. The molecular weight excluding hydrogens is 234 g/mol. The van der Waals surface area contributed by atoms with E-state index in [-0.39, 0.29) is 11.0 Å². The molecule has 1 aromatic carbocycles. The maximum absolute atomic E-state index is 6.90. The molecule has 1 aromatic rings. The Hall–Kier alpha value is -1.02. The summed E-state index contributed by atoms with van der Waals surface area (Å²) in [5.41, 5.74) is 9.39. The Morgan fingerprint density at radius 3 is 2.68 bits per heavy atom. The second-order valence-corrected chi connectivity index (χ2v) is 6.81. The zero-order valence-electron chi connectivity index (χ0n) is 12.2. The maximum Gasteiger partial charge on any atom is 0.127 e. The summed E-state index contributed by atoms with van der Waals surface area (Å²) in [4.78, 5) is 0. The summed E-state index contributed by atoms with van der Waals surface area (Å²) >= 11 is 0. The average Bonchev–Trinajstić information content (AvgIpc) is 2.41. The van der Waals surface area contributed by atoms with Crippen molar-refractivity contribution in [3.8, 4) is 5.75 Å². The van der Waals surface area contributed by atoms with Gasteiger partial charge in [0.1, 0.15) is 5.75 Å². The number of hydrogen-bond donors (Lipinski definition) is 1. The Bertz CT molecular complexity index is 480. The van der Waals surface area contributed by atoms with Crippen LogP contribution >= 0.6 is 0 Å². The van der Waals surface area contributed by atoms with Crippen molar-refractivity contribution >= 4 is 0 Å². The Labute approximate surface area is 116 Å². The Morgan fingerprint density at radius 2 is 1.89 bits per heavy atom. The number of fused-ring (bicyclic) bond motifs is 1. The van der Waals surface area contributed by atoms with Crippen LogP contribution in [0.4, 0.5) is 0 Å². The molecule has 0 bridgehead atoms. The molecule has 104 valence electrons. The summed E-state index contributed by atoms with van der Waals surface area (Å²) < 4.78 is 5.99. The highest BCUT2D eigenvalue weighted by atomic mass is 16.5. The Kier molecular flexibility index (Phi) is 3.09. The lowest BCUT2D eigenvalue weighted by atomic mass is 9.60. The van der Waals surface area contributed by atoms with Crippen molar-refractivity contribution in [2.24, 2.45) is 11.1 Å². The van der Waals surface area contributed by atoms with Crippen molar-refractivity contribution in [2.45, 2.75) is 57.9 Å². The summed E-state index contributed by atoms with van der Waals surface area (Å²) in [6, 6.07) is 6.54. The van der Waals surface area contributed by atoms with Gasteiger partial charge in [-0.2, -0.15) is 0 Å². The van der Waals surface area contributed by atoms with Gasteiger partial charge < -0.3 is 10.5 Å². The fraction of sp³-hybridized carbons (Fsp3) is 0.647. The molecule has 0 saturated heterocycles. The summed E-state index contributed by atoms with van der Waals surface area (Å²) in [6.07, 6.45) is 7.04. The molecule has 0 amide bonds. The van der Waals surface area contributed by atoms with E-state index in [9.17, 15) is 0 Å². The van der Waals surface area contributed by atoms with Gasteiger partial charge in [-0.05, 0) is 36.7 Å². The minimum atomic E-state index is -0.242. The Morgan fingerprint density at radius 1 is 1.11 bits per heavy atom. The molecule has 1 saturated carbocycles. The van der Waals surface area contributed by atoms with Crippen LogP contribution in [0.2, 0.25) is 0 Å². The third kappa shape index (κ3) is 1.97. The molecule has 1 aliphatic carbocycles. The van der Waals surface area contributed by atoms with Crippen LogP contribution in [0.25, 0.3) is 0 Å². The first-order valence-corrected chi connectivity index (χ1v) is 7.59. The fourth-order valence-corrected chi connectivity index (χ4v) is 3.77. The van der Waals surface area contributed by atoms with E-state index < -0.39 is 0 Å². The van der Waals surface area contributed by atoms with Crippen molar-refractivity contribution in [3.05, 3.63) is 29.3 Å². The first kappa shape index (κ1) is 13.0. The van der Waals surface area contributed by atoms with Crippen LogP contribution in [0.5, 0.6) is 5.75 Å². The largest absolute Gasteiger partial charge is 0.493 e. The summed E-state index contributed by atoms with van der Waals surface area (Å²) in [5.74, 6) is 1.09. The first-order valence-electron chi connectivity index (χ1n) is 7.59. The third-order valence-corrected chi connectivity index (χ3v) is 5.24. The number of benzene rings is 1. The third-order valence-electron chi connectivity index (χ3n) is 5.24. The minimum Gasteiger partial charge on any atom is -0.493 e. The van der Waals surface area contributed by atoms with E-state index in [0.29, 0.717) is 0 Å². The molecule has 1 unspecified atom stereocenters. The molecule has 3 rings (SSSR count). The van der Waals surface area contributed by atoms with Crippen molar-refractivity contribution in [2.75, 3.05) is 6.61 Å². The predicted octanol–water partition coefficient (Wildman–Crippen LogP) is 3.77. The molecule has 2 aliphatic rings. The molecule has 0 aromatic heterocycles. The fourth-order valence-electron chi connectivity index (χ4n) is 3.77. The van der Waals surface area contributed by atoms with Gasteiger partial charge in [-0.1, -0.05) is 44.9 Å². The van der Waals surface area contributed by atoms with Gasteiger partial charge in [-0.25, -0.2) is 0 Å². The van der Waals surface area contributed by atoms with E-state index in [4.69, 9.17) is 10.5 Å². The van der Waals surface area contributed by atoms with Crippen LogP contribution in [0.3, 0.4) is 0 Å². The van der Waals surface area contributed by atoms with E-state index in [2.05, 4.69) is 32.0 Å². The number of rotatable bonds is 1. The van der Waals surface area contributed by atoms with Gasteiger partial charge >= 0.3 is 0 Å². The van der Waals surface area contributed by atoms with Crippen LogP contribution in [-0.4, -0.2) is 6.61 Å². The van der Waals surface area contributed by atoms with Crippen molar-refractivity contribution in [1.82, 2.24) is 0 Å². The zero-order valence-corrected chi connectivity index (χ0v) is 12.2. The van der Waals surface area contributed by atoms with E-state index >= 15 is 0 Å². The van der Waals surface area contributed by atoms with Gasteiger partial charge in [0.2, 0.25) is 0 Å². The second-order valence-electron chi connectivity index (χ2n) is 6.81. The van der Waals surface area contributed by atoms with Crippen molar-refractivity contribution in [1.29, 1.82) is 0 Å². The Balaban J connectivity index is 2.10. The molecule has 0 spiro atoms. The second kappa shape index (κ2) is 4.52. The summed E-state index contributed by atoms with van der Waals surface area (Å²) in [5, 5.41) is 0. The number of para-hydroxylation sites is 1. The van der Waals surface area contributed by atoms with E-state index in [1.807, 2.05) is 0 Å². The minimum absolute atomic E-state index is 0.140. The molecule has 1 aliphatic heterocycles. The highest BCUT2D eigenvalue weighted by molar-refractivity contribution is 5.47. The lowest BCUT2D eigenvalue weighted by Crippen LogP contribution is -2.52. The molecule has 19 heavy (non-hydrogen) atoms. The van der Waals surface area contributed by atoms with Crippen LogP contribution < -0.4 is 10.5 Å². The molecule has 2 heteroatoms. The summed E-state index contributed by atoms with van der Waals surface area (Å²) in [7, 11) is 0. The standard InChI is InChI=1S/C17H25NO/c1-16(2)10-3-4-11-17(16,18)14-9-5-7-13-8-6-12-19-15(13)14/h5,7,9H,3-4,6,8,10-12,18H2,1-2H3. The van der Waals surface area contributed by atoms with Crippen LogP contribution in [0.15, 0.2) is 18.2 Å². The topological polar surface area (TPSA) is 35.2 Å². The highest BCUT2D eigenvalue weighted by Gasteiger charge is 2.46. The molecule has 0 radical (unpaired) electrons. The van der Waals surface area contributed by atoms with E-state index in [1.54, 1.807) is 0 Å². The molecule has 1 atom stereocenters. The normalized spacial score (nSPS) is 29.4. The van der Waals surface area contributed by atoms with Crippen molar-refractivity contribution in [3.63, 3.8) is 0 Å². The molecule has 2 nitrogen and oxygen atoms in total. The van der Waals surface area contributed by atoms with Gasteiger partial charge in [0.25, 0.3) is 0 Å². The lowest BCUT2D eigenvalue weighted by Gasteiger charge is -2.49. The molecule has 1 heterocycles. The van der Waals surface area contributed by atoms with Crippen LogP contribution in [-0.2, 0) is 12.0 Å². The highest BCUT2D eigenvalue weighted by Crippen LogP contribution is 2.51. The number of nitrogens with two attached hydrogens (primary N) is 1. The maximum atomic E-state index is 6.90. The summed E-state index contributed by atoms with van der Waals surface area (Å²) in [6.45, 7) is 5.46. The number of ether oxygens (including phenoxy) is 1. The van der Waals surface area contributed by atoms with Gasteiger partial charge in [-0.3, -0.25) is 0 Å². The zero-order chi connectivity index (χ0) is 13.5. The number of hydrogen-bond acceptors (Lipinski definition) is 2. The lowest BCUT2D eigenvalue weighted by molar-refractivity contribution is 0.0934. The van der Waals surface area contributed by atoms with Crippen LogP contribution in [0.1, 0.15) is 57.1 Å². The predicted molar refractivity (Wildman–Crippen MR) is 78.4 cm³/mol. The van der Waals surface area contributed by atoms with Gasteiger partial charge in [0, 0.05) is 11.1 Å².